The van der Waals surface area contributed by atoms with Gasteiger partial charge in [0.15, 0.2) is 0 Å². The molecule has 0 radical (unpaired) electrons. The van der Waals surface area contributed by atoms with Crippen molar-refractivity contribution in [3.63, 3.8) is 0 Å². The van der Waals surface area contributed by atoms with Gasteiger partial charge in [0.25, 0.3) is 11.8 Å². The summed E-state index contributed by atoms with van der Waals surface area (Å²) in [5.74, 6) is 0.675. The van der Waals surface area contributed by atoms with E-state index in [-0.39, 0.29) is 41.9 Å². The van der Waals surface area contributed by atoms with Crippen molar-refractivity contribution < 1.29 is 28.7 Å². The normalized spacial score (nSPS) is 20.4. The first kappa shape index (κ1) is 28.9. The standard InChI is InChI=1S/C27H42N2O6/c1-27(2,3)23(31)11-10-20-6-8-21(9-7-20)19-28-24(32)15-18-35-17-4-5-22(30)14-16-29-25(33)12-13-26(29)34/h12-13,20-21H,4-11,14-19H2,1-3H3,(H,28,32). The molecule has 1 saturated carbocycles. The summed E-state index contributed by atoms with van der Waals surface area (Å²) in [7, 11) is 0. The van der Waals surface area contributed by atoms with Gasteiger partial charge in [0.2, 0.25) is 5.91 Å². The van der Waals surface area contributed by atoms with Gasteiger partial charge in [0.05, 0.1) is 6.61 Å². The highest BCUT2D eigenvalue weighted by molar-refractivity contribution is 6.13. The lowest BCUT2D eigenvalue weighted by Crippen LogP contribution is -2.32. The van der Waals surface area contributed by atoms with Crippen LogP contribution in [-0.4, -0.2) is 60.5 Å². The van der Waals surface area contributed by atoms with Crippen molar-refractivity contribution in [2.75, 3.05) is 26.3 Å². The number of ether oxygens (including phenoxy) is 1. The zero-order valence-corrected chi connectivity index (χ0v) is 21.6. The van der Waals surface area contributed by atoms with Crippen LogP contribution in [0.5, 0.6) is 0 Å². The number of carbonyl (C=O) groups excluding carboxylic acids is 5. The molecule has 0 atom stereocenters. The number of hydrogen-bond acceptors (Lipinski definition) is 6. The Balaban J connectivity index is 1.44. The number of ketones is 2. The van der Waals surface area contributed by atoms with Gasteiger partial charge in [0.1, 0.15) is 11.6 Å². The molecular formula is C27H42N2O6. The van der Waals surface area contributed by atoms with E-state index in [4.69, 9.17) is 4.74 Å². The molecule has 1 aliphatic heterocycles. The van der Waals surface area contributed by atoms with Crippen molar-refractivity contribution in [1.82, 2.24) is 10.2 Å². The molecule has 2 aliphatic rings. The van der Waals surface area contributed by atoms with Crippen molar-refractivity contribution in [3.05, 3.63) is 12.2 Å². The van der Waals surface area contributed by atoms with E-state index in [1.807, 2.05) is 20.8 Å². The van der Waals surface area contributed by atoms with Gasteiger partial charge >= 0.3 is 0 Å². The molecular weight excluding hydrogens is 448 g/mol. The Hall–Kier alpha value is -2.35. The first-order valence-corrected chi connectivity index (χ1v) is 13.0. The molecule has 1 N–H and O–H groups in total. The molecule has 3 amide bonds. The summed E-state index contributed by atoms with van der Waals surface area (Å²) in [4.78, 5) is 60.1. The summed E-state index contributed by atoms with van der Waals surface area (Å²) in [6.45, 7) is 7.45. The van der Waals surface area contributed by atoms with E-state index in [1.165, 1.54) is 12.2 Å². The van der Waals surface area contributed by atoms with Crippen LogP contribution < -0.4 is 5.32 Å². The number of Topliss-reactive ketones (excluding diaryl/α,β-unsaturated/α-hetero) is 2. The second-order valence-corrected chi connectivity index (χ2v) is 10.8. The molecule has 1 heterocycles. The van der Waals surface area contributed by atoms with E-state index in [2.05, 4.69) is 5.32 Å². The van der Waals surface area contributed by atoms with Crippen molar-refractivity contribution >= 4 is 29.3 Å². The summed E-state index contributed by atoms with van der Waals surface area (Å²) in [5.41, 5.74) is -0.251. The Morgan fingerprint density at radius 3 is 2.17 bits per heavy atom. The van der Waals surface area contributed by atoms with Gasteiger partial charge in [0, 0.05) is 62.9 Å². The molecule has 0 unspecified atom stereocenters. The predicted octanol–water partition coefficient (Wildman–Crippen LogP) is 3.38. The van der Waals surface area contributed by atoms with Gasteiger partial charge < -0.3 is 10.1 Å². The number of imide groups is 1. The van der Waals surface area contributed by atoms with Gasteiger partial charge in [-0.2, -0.15) is 0 Å². The molecule has 0 saturated heterocycles. The highest BCUT2D eigenvalue weighted by atomic mass is 16.5. The molecule has 8 nitrogen and oxygen atoms in total. The van der Waals surface area contributed by atoms with Gasteiger partial charge in [-0.3, -0.25) is 28.9 Å². The van der Waals surface area contributed by atoms with Gasteiger partial charge in [-0.25, -0.2) is 0 Å². The SMILES string of the molecule is CC(C)(C)C(=O)CCC1CCC(CNC(=O)CCOCCCC(=O)CCN2C(=O)C=CC2=O)CC1. The second-order valence-electron chi connectivity index (χ2n) is 10.8. The number of amides is 3. The third-order valence-corrected chi connectivity index (χ3v) is 6.90. The first-order chi connectivity index (χ1) is 16.6. The van der Waals surface area contributed by atoms with Gasteiger partial charge in [-0.1, -0.05) is 33.6 Å². The van der Waals surface area contributed by atoms with Gasteiger partial charge in [-0.05, 0) is 37.5 Å². The molecule has 0 spiro atoms. The van der Waals surface area contributed by atoms with Crippen LogP contribution in [0.4, 0.5) is 0 Å². The Labute approximate surface area is 209 Å². The van der Waals surface area contributed by atoms with Crippen LogP contribution in [0.1, 0.15) is 85.0 Å². The topological polar surface area (TPSA) is 110 Å². The Kier molecular flexibility index (Phi) is 11.8. The summed E-state index contributed by atoms with van der Waals surface area (Å²) in [6, 6.07) is 0. The largest absolute Gasteiger partial charge is 0.381 e. The van der Waals surface area contributed by atoms with Crippen LogP contribution in [0.15, 0.2) is 12.2 Å². The fourth-order valence-electron chi connectivity index (χ4n) is 4.43. The maximum absolute atomic E-state index is 12.1. The first-order valence-electron chi connectivity index (χ1n) is 13.0. The lowest BCUT2D eigenvalue weighted by atomic mass is 9.78. The van der Waals surface area contributed by atoms with E-state index in [0.29, 0.717) is 63.1 Å². The molecule has 0 bridgehead atoms. The summed E-state index contributed by atoms with van der Waals surface area (Å²) in [6.07, 6.45) is 9.82. The van der Waals surface area contributed by atoms with Crippen molar-refractivity contribution in [2.45, 2.75) is 85.0 Å². The maximum atomic E-state index is 12.1. The fraction of sp³-hybridized carbons (Fsp3) is 0.741. The average molecular weight is 491 g/mol. The van der Waals surface area contributed by atoms with Crippen LogP contribution in [0.25, 0.3) is 0 Å². The molecule has 0 aromatic rings. The van der Waals surface area contributed by atoms with Crippen LogP contribution in [-0.2, 0) is 28.7 Å². The quantitative estimate of drug-likeness (QED) is 0.278. The van der Waals surface area contributed by atoms with E-state index >= 15 is 0 Å². The Morgan fingerprint density at radius 2 is 1.54 bits per heavy atom. The molecule has 0 aromatic carbocycles. The number of rotatable bonds is 15. The molecule has 35 heavy (non-hydrogen) atoms. The number of carbonyl (C=O) groups is 5. The van der Waals surface area contributed by atoms with Crippen molar-refractivity contribution in [3.8, 4) is 0 Å². The lowest BCUT2D eigenvalue weighted by molar-refractivity contribution is -0.137. The van der Waals surface area contributed by atoms with Gasteiger partial charge in [-0.15, -0.1) is 0 Å². The molecule has 1 aliphatic carbocycles. The van der Waals surface area contributed by atoms with E-state index in [0.717, 1.165) is 37.0 Å². The van der Waals surface area contributed by atoms with E-state index < -0.39 is 0 Å². The third-order valence-electron chi connectivity index (χ3n) is 6.90. The van der Waals surface area contributed by atoms with Crippen LogP contribution in [0.3, 0.4) is 0 Å². The van der Waals surface area contributed by atoms with Crippen LogP contribution in [0.2, 0.25) is 0 Å². The summed E-state index contributed by atoms with van der Waals surface area (Å²) < 4.78 is 5.47. The predicted molar refractivity (Wildman–Crippen MR) is 132 cm³/mol. The third kappa shape index (κ3) is 10.8. The molecule has 196 valence electrons. The van der Waals surface area contributed by atoms with Crippen molar-refractivity contribution in [1.29, 1.82) is 0 Å². The van der Waals surface area contributed by atoms with Crippen LogP contribution in [0, 0.1) is 17.3 Å². The Morgan fingerprint density at radius 1 is 0.914 bits per heavy atom. The number of nitrogens with zero attached hydrogens (tertiary/aromatic N) is 1. The molecule has 0 aromatic heterocycles. The van der Waals surface area contributed by atoms with Crippen LogP contribution >= 0.6 is 0 Å². The highest BCUT2D eigenvalue weighted by Crippen LogP contribution is 2.32. The highest BCUT2D eigenvalue weighted by Gasteiger charge is 2.26. The number of hydrogen-bond donors (Lipinski definition) is 1. The number of nitrogens with one attached hydrogen (secondary N) is 1. The summed E-state index contributed by atoms with van der Waals surface area (Å²) >= 11 is 0. The minimum atomic E-state index is -0.374. The minimum Gasteiger partial charge on any atom is -0.381 e. The van der Waals surface area contributed by atoms with E-state index in [9.17, 15) is 24.0 Å². The molecule has 1 fully saturated rings. The lowest BCUT2D eigenvalue weighted by Gasteiger charge is -2.29. The zero-order valence-electron chi connectivity index (χ0n) is 21.6. The van der Waals surface area contributed by atoms with E-state index in [1.54, 1.807) is 0 Å². The smallest absolute Gasteiger partial charge is 0.253 e. The molecule has 8 heteroatoms. The summed E-state index contributed by atoms with van der Waals surface area (Å²) in [5, 5.41) is 3.01. The average Bonchev–Trinajstić information content (AvgIpc) is 3.13. The van der Waals surface area contributed by atoms with Crippen molar-refractivity contribution in [2.24, 2.45) is 17.3 Å². The maximum Gasteiger partial charge on any atom is 0.253 e. The minimum absolute atomic E-state index is 0.0191. The fourth-order valence-corrected chi connectivity index (χ4v) is 4.43. The molecule has 2 rings (SSSR count). The second kappa shape index (κ2) is 14.3. The zero-order chi connectivity index (χ0) is 25.8. The monoisotopic (exact) mass is 490 g/mol. The Bertz CT molecular complexity index is 772.